The van der Waals surface area contributed by atoms with Gasteiger partial charge in [-0.1, -0.05) is 6.07 Å². The molecule has 0 N–H and O–H groups in total. The zero-order chi connectivity index (χ0) is 17.4. The number of rotatable bonds is 5. The molecule has 3 rings (SSSR count). The van der Waals surface area contributed by atoms with Crippen molar-refractivity contribution in [3.63, 3.8) is 0 Å². The zero-order valence-corrected chi connectivity index (χ0v) is 15.4. The molecule has 0 spiro atoms. The molecule has 1 aromatic heterocycles. The van der Waals surface area contributed by atoms with Gasteiger partial charge in [-0.2, -0.15) is 0 Å². The van der Waals surface area contributed by atoms with Crippen molar-refractivity contribution in [2.45, 2.75) is 32.4 Å². The van der Waals surface area contributed by atoms with Crippen molar-refractivity contribution in [3.05, 3.63) is 54.8 Å². The Bertz CT molecular complexity index is 897. The Hall–Kier alpha value is -2.02. The Morgan fingerprint density at radius 1 is 1.17 bits per heavy atom. The van der Waals surface area contributed by atoms with Crippen molar-refractivity contribution >= 4 is 15.9 Å². The van der Waals surface area contributed by atoms with E-state index in [2.05, 4.69) is 15.9 Å². The Morgan fingerprint density at radius 3 is 2.42 bits per heavy atom. The van der Waals surface area contributed by atoms with Gasteiger partial charge in [0.05, 0.1) is 25.4 Å². The fraction of sp³-hybridized carbons (Fsp3) is 0.412. The largest absolute Gasteiger partial charge is 0.493 e. The summed E-state index contributed by atoms with van der Waals surface area (Å²) < 4.78 is 14.0. The summed E-state index contributed by atoms with van der Waals surface area (Å²) in [6.45, 7) is 1.93. The van der Waals surface area contributed by atoms with E-state index in [-0.39, 0.29) is 23.8 Å². The van der Waals surface area contributed by atoms with Crippen molar-refractivity contribution < 1.29 is 9.47 Å². The van der Waals surface area contributed by atoms with E-state index in [1.165, 1.54) is 4.57 Å². The summed E-state index contributed by atoms with van der Waals surface area (Å²) in [5.41, 5.74) is 0.784. The van der Waals surface area contributed by atoms with Crippen molar-refractivity contribution in [1.29, 1.82) is 0 Å². The van der Waals surface area contributed by atoms with Gasteiger partial charge in [-0.25, -0.2) is 4.79 Å². The van der Waals surface area contributed by atoms with Crippen LogP contribution in [0, 0.1) is 6.92 Å². The van der Waals surface area contributed by atoms with E-state index >= 15 is 0 Å². The van der Waals surface area contributed by atoms with Gasteiger partial charge < -0.3 is 9.47 Å². The second-order valence-electron chi connectivity index (χ2n) is 5.88. The number of ether oxygens (including phenoxy) is 2. The van der Waals surface area contributed by atoms with Crippen LogP contribution in [0.15, 0.2) is 32.4 Å². The molecule has 1 aliphatic carbocycles. The molecule has 1 aliphatic rings. The SMILES string of the molecule is COc1ccc(Cn2c(=O)c(C)c(Br)n(C3CC3)c2=O)cc1OC. The zero-order valence-electron chi connectivity index (χ0n) is 13.8. The maximum atomic E-state index is 12.8. The van der Waals surface area contributed by atoms with E-state index in [0.717, 1.165) is 18.4 Å². The van der Waals surface area contributed by atoms with Gasteiger partial charge in [0.25, 0.3) is 5.56 Å². The molecule has 0 unspecified atom stereocenters. The molecule has 7 heteroatoms. The molecule has 1 fully saturated rings. The number of halogens is 1. The van der Waals surface area contributed by atoms with Crippen molar-refractivity contribution in [2.75, 3.05) is 14.2 Å². The summed E-state index contributed by atoms with van der Waals surface area (Å²) in [7, 11) is 3.12. The smallest absolute Gasteiger partial charge is 0.332 e. The van der Waals surface area contributed by atoms with Gasteiger partial charge in [0.15, 0.2) is 11.5 Å². The highest BCUT2D eigenvalue weighted by molar-refractivity contribution is 9.10. The first-order valence-corrected chi connectivity index (χ1v) is 8.49. The second-order valence-corrected chi connectivity index (χ2v) is 6.63. The number of hydrogen-bond donors (Lipinski definition) is 0. The molecule has 0 atom stereocenters. The predicted octanol–water partition coefficient (Wildman–Crippen LogP) is 2.48. The van der Waals surface area contributed by atoms with E-state index in [1.807, 2.05) is 6.07 Å². The monoisotopic (exact) mass is 394 g/mol. The lowest BCUT2D eigenvalue weighted by atomic mass is 10.2. The first-order valence-electron chi connectivity index (χ1n) is 7.70. The maximum Gasteiger partial charge on any atom is 0.332 e. The highest BCUT2D eigenvalue weighted by atomic mass is 79.9. The van der Waals surface area contributed by atoms with Crippen LogP contribution in [0.1, 0.15) is 30.0 Å². The van der Waals surface area contributed by atoms with Gasteiger partial charge in [0.1, 0.15) is 0 Å². The van der Waals surface area contributed by atoms with Crippen molar-refractivity contribution in [1.82, 2.24) is 9.13 Å². The normalized spacial score (nSPS) is 13.8. The van der Waals surface area contributed by atoms with Crippen LogP contribution >= 0.6 is 15.9 Å². The van der Waals surface area contributed by atoms with Crippen LogP contribution < -0.4 is 20.7 Å². The summed E-state index contributed by atoms with van der Waals surface area (Å²) in [5.74, 6) is 1.18. The number of aromatic nitrogens is 2. The van der Waals surface area contributed by atoms with Crippen LogP contribution in [-0.4, -0.2) is 23.4 Å². The minimum absolute atomic E-state index is 0.183. The predicted molar refractivity (Wildman–Crippen MR) is 94.3 cm³/mol. The van der Waals surface area contributed by atoms with Crippen LogP contribution in [0.3, 0.4) is 0 Å². The molecule has 1 aromatic carbocycles. The Labute approximate surface area is 147 Å². The van der Waals surface area contributed by atoms with E-state index in [9.17, 15) is 9.59 Å². The van der Waals surface area contributed by atoms with Gasteiger partial charge in [-0.3, -0.25) is 13.9 Å². The molecule has 1 heterocycles. The first-order chi connectivity index (χ1) is 11.5. The molecule has 0 saturated heterocycles. The average molecular weight is 395 g/mol. The summed E-state index contributed by atoms with van der Waals surface area (Å²) >= 11 is 3.40. The van der Waals surface area contributed by atoms with Crippen LogP contribution in [0.2, 0.25) is 0 Å². The highest BCUT2D eigenvalue weighted by Gasteiger charge is 2.29. The standard InChI is InChI=1S/C17H19BrN2O4/c1-10-15(18)20(12-5-6-12)17(22)19(16(10)21)9-11-4-7-13(23-2)14(8-11)24-3/h4,7-8,12H,5-6,9H2,1-3H3. The highest BCUT2D eigenvalue weighted by Crippen LogP contribution is 2.36. The summed E-state index contributed by atoms with van der Waals surface area (Å²) in [6.07, 6.45) is 1.93. The Morgan fingerprint density at radius 2 is 1.83 bits per heavy atom. The molecule has 24 heavy (non-hydrogen) atoms. The lowest BCUT2D eigenvalue weighted by molar-refractivity contribution is 0.354. The quantitative estimate of drug-likeness (QED) is 0.730. The molecule has 1 saturated carbocycles. The van der Waals surface area contributed by atoms with E-state index < -0.39 is 0 Å². The first kappa shape index (κ1) is 16.8. The molecule has 0 radical (unpaired) electrons. The lowest BCUT2D eigenvalue weighted by Crippen LogP contribution is -2.41. The number of hydrogen-bond acceptors (Lipinski definition) is 4. The summed E-state index contributed by atoms with van der Waals surface area (Å²) in [6, 6.07) is 5.56. The molecule has 0 bridgehead atoms. The Kier molecular flexibility index (Phi) is 4.54. The fourth-order valence-corrected chi connectivity index (χ4v) is 3.33. The maximum absolute atomic E-state index is 12.8. The second kappa shape index (κ2) is 6.47. The molecular formula is C17H19BrN2O4. The van der Waals surface area contributed by atoms with E-state index in [1.54, 1.807) is 37.8 Å². The van der Waals surface area contributed by atoms with Gasteiger partial charge >= 0.3 is 5.69 Å². The van der Waals surface area contributed by atoms with Gasteiger partial charge in [-0.05, 0) is 53.4 Å². The molecule has 2 aromatic rings. The van der Waals surface area contributed by atoms with Crippen LogP contribution in [0.4, 0.5) is 0 Å². The van der Waals surface area contributed by atoms with Gasteiger partial charge in [0, 0.05) is 11.6 Å². The molecular weight excluding hydrogens is 376 g/mol. The van der Waals surface area contributed by atoms with Gasteiger partial charge in [0.2, 0.25) is 0 Å². The third-order valence-corrected chi connectivity index (χ3v) is 5.20. The van der Waals surface area contributed by atoms with E-state index in [0.29, 0.717) is 21.7 Å². The third kappa shape index (κ3) is 2.88. The molecule has 128 valence electrons. The summed E-state index contributed by atoms with van der Waals surface area (Å²) in [4.78, 5) is 25.3. The molecule has 6 nitrogen and oxygen atoms in total. The minimum atomic E-state index is -0.283. The van der Waals surface area contributed by atoms with E-state index in [4.69, 9.17) is 9.47 Å². The van der Waals surface area contributed by atoms with Crippen molar-refractivity contribution in [3.8, 4) is 11.5 Å². The number of benzene rings is 1. The lowest BCUT2D eigenvalue weighted by Gasteiger charge is -2.15. The summed E-state index contributed by atoms with van der Waals surface area (Å²) in [5, 5.41) is 0. The number of methoxy groups -OCH3 is 2. The topological polar surface area (TPSA) is 62.5 Å². The van der Waals surface area contributed by atoms with Gasteiger partial charge in [-0.15, -0.1) is 0 Å². The fourth-order valence-electron chi connectivity index (χ4n) is 2.72. The Balaban J connectivity index is 2.08. The van der Waals surface area contributed by atoms with Crippen molar-refractivity contribution in [2.24, 2.45) is 0 Å². The molecule has 0 aliphatic heterocycles. The number of nitrogens with zero attached hydrogens (tertiary/aromatic N) is 2. The average Bonchev–Trinajstić information content (AvgIpc) is 3.41. The van der Waals surface area contributed by atoms with Crippen LogP contribution in [0.25, 0.3) is 0 Å². The van der Waals surface area contributed by atoms with Crippen LogP contribution in [-0.2, 0) is 6.54 Å². The third-order valence-electron chi connectivity index (χ3n) is 4.22. The van der Waals surface area contributed by atoms with Crippen LogP contribution in [0.5, 0.6) is 11.5 Å². The molecule has 0 amide bonds. The minimum Gasteiger partial charge on any atom is -0.493 e.